The molecule has 2 aliphatic carbocycles. The van der Waals surface area contributed by atoms with Crippen LogP contribution in [-0.2, 0) is 9.59 Å². The van der Waals surface area contributed by atoms with Crippen molar-refractivity contribution >= 4 is 11.9 Å². The molecule has 1 heterocycles. The number of carbonyl (C=O) groups excluding carboxylic acids is 1. The van der Waals surface area contributed by atoms with E-state index in [1.54, 1.807) is 0 Å². The van der Waals surface area contributed by atoms with Crippen molar-refractivity contribution in [3.8, 4) is 0 Å². The number of hydrogen-bond acceptors (Lipinski definition) is 3. The first-order chi connectivity index (χ1) is 11.8. The van der Waals surface area contributed by atoms with E-state index in [2.05, 4.69) is 37.9 Å². The van der Waals surface area contributed by atoms with Crippen molar-refractivity contribution in [3.63, 3.8) is 0 Å². The van der Waals surface area contributed by atoms with Crippen LogP contribution in [-0.4, -0.2) is 47.1 Å². The number of likely N-dealkylation sites (tertiary alicyclic amines) is 1. The van der Waals surface area contributed by atoms with Crippen LogP contribution in [0.3, 0.4) is 0 Å². The summed E-state index contributed by atoms with van der Waals surface area (Å²) < 4.78 is 0. The molecule has 1 amide bonds. The third-order valence-electron chi connectivity index (χ3n) is 6.61. The summed E-state index contributed by atoms with van der Waals surface area (Å²) in [6, 6.07) is 0.727. The fourth-order valence-corrected chi connectivity index (χ4v) is 5.46. The van der Waals surface area contributed by atoms with Crippen molar-refractivity contribution < 1.29 is 14.7 Å². The molecule has 3 fully saturated rings. The van der Waals surface area contributed by atoms with Crippen LogP contribution in [0, 0.1) is 23.7 Å². The molecule has 1 aliphatic heterocycles. The maximum atomic E-state index is 13.0. The molecule has 5 nitrogen and oxygen atoms in total. The molecule has 0 radical (unpaired) electrons. The Morgan fingerprint density at radius 3 is 2.08 bits per heavy atom. The van der Waals surface area contributed by atoms with Gasteiger partial charge in [0.25, 0.3) is 0 Å². The van der Waals surface area contributed by atoms with Gasteiger partial charge >= 0.3 is 5.97 Å². The minimum atomic E-state index is -0.805. The third kappa shape index (κ3) is 3.35. The molecule has 140 valence electrons. The lowest BCUT2D eigenvalue weighted by atomic mass is 9.78. The monoisotopic (exact) mass is 348 g/mol. The van der Waals surface area contributed by atoms with E-state index in [1.165, 1.54) is 11.1 Å². The molecule has 0 unspecified atom stereocenters. The van der Waals surface area contributed by atoms with Gasteiger partial charge in [-0.3, -0.25) is 9.59 Å². The predicted octanol–water partition coefficient (Wildman–Crippen LogP) is 2.67. The molecule has 1 saturated heterocycles. The van der Waals surface area contributed by atoms with Crippen LogP contribution >= 0.6 is 0 Å². The van der Waals surface area contributed by atoms with Crippen molar-refractivity contribution in [2.24, 2.45) is 23.7 Å². The number of amides is 1. The molecule has 4 atom stereocenters. The number of hydrogen-bond donors (Lipinski definition) is 2. The first-order valence-corrected chi connectivity index (χ1v) is 9.75. The number of carbonyl (C=O) groups is 2. The lowest BCUT2D eigenvalue weighted by Gasteiger charge is -2.36. The molecular weight excluding hydrogens is 316 g/mol. The molecular formula is C20H32N2O3. The number of aliphatic carboxylic acids is 1. The molecule has 0 aromatic rings. The third-order valence-corrected chi connectivity index (χ3v) is 6.61. The van der Waals surface area contributed by atoms with E-state index in [-0.39, 0.29) is 29.7 Å². The minimum absolute atomic E-state index is 0.0265. The van der Waals surface area contributed by atoms with Crippen LogP contribution in [0.25, 0.3) is 0 Å². The molecule has 0 aromatic heterocycles. The number of nitrogens with zero attached hydrogens (tertiary/aromatic N) is 1. The van der Waals surface area contributed by atoms with Crippen LogP contribution < -0.4 is 5.32 Å². The van der Waals surface area contributed by atoms with Gasteiger partial charge in [0, 0.05) is 25.2 Å². The zero-order valence-corrected chi connectivity index (χ0v) is 15.9. The van der Waals surface area contributed by atoms with Crippen molar-refractivity contribution in [3.05, 3.63) is 11.1 Å². The maximum Gasteiger partial charge on any atom is 0.307 e. The predicted molar refractivity (Wildman–Crippen MR) is 97.1 cm³/mol. The molecule has 2 saturated carbocycles. The van der Waals surface area contributed by atoms with Gasteiger partial charge in [0.2, 0.25) is 5.91 Å². The Morgan fingerprint density at radius 1 is 1.04 bits per heavy atom. The number of rotatable bonds is 4. The molecule has 5 heteroatoms. The van der Waals surface area contributed by atoms with Gasteiger partial charge in [0.05, 0.1) is 11.8 Å². The second kappa shape index (κ2) is 7.10. The maximum absolute atomic E-state index is 13.0. The van der Waals surface area contributed by atoms with Gasteiger partial charge in [-0.1, -0.05) is 11.1 Å². The van der Waals surface area contributed by atoms with Crippen molar-refractivity contribution in [1.82, 2.24) is 10.2 Å². The molecule has 3 rings (SSSR count). The number of fused-ring (bicyclic) bond motifs is 2. The number of nitrogens with one attached hydrogen (secondary N) is 1. The van der Waals surface area contributed by atoms with E-state index < -0.39 is 11.9 Å². The Hall–Kier alpha value is -1.36. The Balaban J connectivity index is 1.69. The second-order valence-electron chi connectivity index (χ2n) is 8.55. The highest BCUT2D eigenvalue weighted by Gasteiger charge is 2.57. The van der Waals surface area contributed by atoms with Gasteiger partial charge in [-0.2, -0.15) is 0 Å². The summed E-state index contributed by atoms with van der Waals surface area (Å²) in [6.45, 7) is 10.5. The summed E-state index contributed by atoms with van der Waals surface area (Å²) in [4.78, 5) is 27.3. The van der Waals surface area contributed by atoms with Crippen LogP contribution in [0.4, 0.5) is 0 Å². The van der Waals surface area contributed by atoms with Crippen molar-refractivity contribution in [1.29, 1.82) is 0 Å². The first-order valence-electron chi connectivity index (χ1n) is 9.75. The number of carboxylic acids is 1. The van der Waals surface area contributed by atoms with Gasteiger partial charge in [-0.15, -0.1) is 0 Å². The topological polar surface area (TPSA) is 69.6 Å². The minimum Gasteiger partial charge on any atom is -0.481 e. The zero-order chi connectivity index (χ0) is 18.3. The summed E-state index contributed by atoms with van der Waals surface area (Å²) in [5.41, 5.74) is 2.46. The average Bonchev–Trinajstić information content (AvgIpc) is 3.11. The lowest BCUT2D eigenvalue weighted by molar-refractivity contribution is -0.149. The smallest absolute Gasteiger partial charge is 0.307 e. The number of piperidine rings is 1. The van der Waals surface area contributed by atoms with Gasteiger partial charge in [0.15, 0.2) is 0 Å². The van der Waals surface area contributed by atoms with Crippen LogP contribution in [0.5, 0.6) is 0 Å². The highest BCUT2D eigenvalue weighted by Crippen LogP contribution is 2.57. The highest BCUT2D eigenvalue weighted by atomic mass is 16.4. The van der Waals surface area contributed by atoms with Crippen LogP contribution in [0.1, 0.15) is 53.4 Å². The second-order valence-corrected chi connectivity index (χ2v) is 8.55. The van der Waals surface area contributed by atoms with Gasteiger partial charge < -0.3 is 15.3 Å². The quantitative estimate of drug-likeness (QED) is 0.767. The SMILES string of the molecule is CC(C)=C1[C@@H]2CC[C@@H]1[C@@H](C(=O)NC1CCN(C(C)C)CC1)[C@@H]2C(=O)O. The Kier molecular flexibility index (Phi) is 5.24. The normalized spacial score (nSPS) is 33.1. The summed E-state index contributed by atoms with van der Waals surface area (Å²) in [6.07, 6.45) is 3.79. The highest BCUT2D eigenvalue weighted by molar-refractivity contribution is 5.87. The van der Waals surface area contributed by atoms with E-state index in [0.29, 0.717) is 6.04 Å². The first kappa shape index (κ1) is 18.4. The summed E-state index contributed by atoms with van der Waals surface area (Å²) in [5, 5.41) is 12.9. The Morgan fingerprint density at radius 2 is 1.60 bits per heavy atom. The molecule has 0 spiro atoms. The van der Waals surface area contributed by atoms with Crippen LogP contribution in [0.2, 0.25) is 0 Å². The van der Waals surface area contributed by atoms with E-state index in [4.69, 9.17) is 0 Å². The Labute approximate surface area is 150 Å². The number of allylic oxidation sites excluding steroid dienone is 2. The standard InChI is InChI=1S/C20H32N2O3/c1-11(2)16-14-5-6-15(16)18(20(24)25)17(14)19(23)21-13-7-9-22(10-8-13)12(3)4/h12-15,17-18H,5-10H2,1-4H3,(H,21,23)(H,24,25)/t14-,15-,17+,18+/m0/s1. The lowest BCUT2D eigenvalue weighted by Crippen LogP contribution is -2.50. The van der Waals surface area contributed by atoms with E-state index in [0.717, 1.165) is 38.8 Å². The van der Waals surface area contributed by atoms with E-state index in [1.807, 2.05) is 0 Å². The molecule has 2 bridgehead atoms. The fourth-order valence-electron chi connectivity index (χ4n) is 5.46. The van der Waals surface area contributed by atoms with Gasteiger partial charge in [0.1, 0.15) is 0 Å². The Bertz CT molecular complexity index is 571. The van der Waals surface area contributed by atoms with Crippen LogP contribution in [0.15, 0.2) is 11.1 Å². The number of carboxylic acid groups (broad SMARTS) is 1. The van der Waals surface area contributed by atoms with E-state index >= 15 is 0 Å². The van der Waals surface area contributed by atoms with Gasteiger partial charge in [-0.25, -0.2) is 0 Å². The fraction of sp³-hybridized carbons (Fsp3) is 0.800. The average molecular weight is 348 g/mol. The largest absolute Gasteiger partial charge is 0.481 e. The summed E-state index contributed by atoms with van der Waals surface area (Å²) >= 11 is 0. The molecule has 25 heavy (non-hydrogen) atoms. The molecule has 0 aromatic carbocycles. The zero-order valence-electron chi connectivity index (χ0n) is 15.9. The molecule has 2 N–H and O–H groups in total. The summed E-state index contributed by atoms with van der Waals surface area (Å²) in [7, 11) is 0. The summed E-state index contributed by atoms with van der Waals surface area (Å²) in [5.74, 6) is -1.57. The van der Waals surface area contributed by atoms with E-state index in [9.17, 15) is 14.7 Å². The van der Waals surface area contributed by atoms with Crippen molar-refractivity contribution in [2.75, 3.05) is 13.1 Å². The van der Waals surface area contributed by atoms with Gasteiger partial charge in [-0.05, 0) is 65.2 Å². The van der Waals surface area contributed by atoms with Crippen molar-refractivity contribution in [2.45, 2.75) is 65.5 Å². The molecule has 3 aliphatic rings.